The van der Waals surface area contributed by atoms with Crippen LogP contribution in [-0.2, 0) is 8.85 Å². The Hall–Kier alpha value is -0.123. The molecular formula is C14H25O2Si. The van der Waals surface area contributed by atoms with Crippen molar-refractivity contribution in [1.82, 2.24) is 0 Å². The van der Waals surface area contributed by atoms with E-state index in [0.29, 0.717) is 0 Å². The molecule has 2 fully saturated rings. The van der Waals surface area contributed by atoms with Crippen LogP contribution >= 0.6 is 0 Å². The van der Waals surface area contributed by atoms with Crippen molar-refractivity contribution in [1.29, 1.82) is 0 Å². The van der Waals surface area contributed by atoms with Crippen LogP contribution in [0.15, 0.2) is 12.2 Å². The molecule has 2 nitrogen and oxygen atoms in total. The molecule has 97 valence electrons. The first-order chi connectivity index (χ1) is 8.40. The molecule has 0 atom stereocenters. The van der Waals surface area contributed by atoms with E-state index >= 15 is 0 Å². The van der Waals surface area contributed by atoms with Gasteiger partial charge < -0.3 is 8.85 Å². The lowest BCUT2D eigenvalue weighted by atomic mass is 9.85. The highest BCUT2D eigenvalue weighted by Crippen LogP contribution is 2.33. The van der Waals surface area contributed by atoms with E-state index in [1.54, 1.807) is 0 Å². The van der Waals surface area contributed by atoms with Crippen molar-refractivity contribution < 1.29 is 8.85 Å². The third-order valence-electron chi connectivity index (χ3n) is 3.85. The smallest absolute Gasteiger partial charge is 0.388 e. The Labute approximate surface area is 107 Å². The van der Waals surface area contributed by atoms with E-state index in [1.807, 2.05) is 0 Å². The molecule has 0 heterocycles. The summed E-state index contributed by atoms with van der Waals surface area (Å²) in [5, 5.41) is 0. The summed E-state index contributed by atoms with van der Waals surface area (Å²) in [4.78, 5) is 0. The summed E-state index contributed by atoms with van der Waals surface area (Å²) in [6, 6.07) is 0. The van der Waals surface area contributed by atoms with Gasteiger partial charge in [0.05, 0.1) is 6.61 Å². The minimum Gasteiger partial charge on any atom is -0.393 e. The van der Waals surface area contributed by atoms with E-state index in [4.69, 9.17) is 8.85 Å². The van der Waals surface area contributed by atoms with Crippen molar-refractivity contribution in [3.63, 3.8) is 0 Å². The van der Waals surface area contributed by atoms with E-state index in [1.165, 1.54) is 44.9 Å². The Morgan fingerprint density at radius 1 is 1.06 bits per heavy atom. The van der Waals surface area contributed by atoms with Crippen molar-refractivity contribution in [3.8, 4) is 0 Å². The molecule has 17 heavy (non-hydrogen) atoms. The van der Waals surface area contributed by atoms with Gasteiger partial charge in [-0.15, -0.1) is 0 Å². The SMILES string of the molecule is CCO[Si](OCC=CC1CCC1)C1CCCC1. The summed E-state index contributed by atoms with van der Waals surface area (Å²) in [6.45, 7) is 3.64. The molecule has 2 aliphatic rings. The van der Waals surface area contributed by atoms with Crippen LogP contribution < -0.4 is 0 Å². The molecular weight excluding hydrogens is 228 g/mol. The molecule has 1 radical (unpaired) electrons. The quantitative estimate of drug-likeness (QED) is 0.507. The van der Waals surface area contributed by atoms with E-state index in [0.717, 1.165) is 24.7 Å². The normalized spacial score (nSPS) is 22.7. The van der Waals surface area contributed by atoms with Gasteiger partial charge in [0, 0.05) is 12.1 Å². The second kappa shape index (κ2) is 7.34. The Bertz CT molecular complexity index is 232. The number of rotatable bonds is 7. The Kier molecular flexibility index (Phi) is 5.75. The minimum absolute atomic E-state index is 0.733. The largest absolute Gasteiger partial charge is 0.393 e. The summed E-state index contributed by atoms with van der Waals surface area (Å²) in [5.74, 6) is 0.841. The molecule has 2 aliphatic carbocycles. The third kappa shape index (κ3) is 4.23. The molecule has 0 saturated heterocycles. The topological polar surface area (TPSA) is 18.5 Å². The molecule has 0 aromatic heterocycles. The maximum absolute atomic E-state index is 5.98. The van der Waals surface area contributed by atoms with Gasteiger partial charge in [0.15, 0.2) is 0 Å². The van der Waals surface area contributed by atoms with Gasteiger partial charge >= 0.3 is 9.28 Å². The van der Waals surface area contributed by atoms with Crippen LogP contribution in [0, 0.1) is 5.92 Å². The highest BCUT2D eigenvalue weighted by molar-refractivity contribution is 6.46. The van der Waals surface area contributed by atoms with Crippen molar-refractivity contribution in [2.75, 3.05) is 13.2 Å². The molecule has 3 heteroatoms. The highest BCUT2D eigenvalue weighted by atomic mass is 28.3. The lowest BCUT2D eigenvalue weighted by molar-refractivity contribution is 0.212. The molecule has 0 bridgehead atoms. The Morgan fingerprint density at radius 2 is 1.82 bits per heavy atom. The van der Waals surface area contributed by atoms with Crippen molar-refractivity contribution in [3.05, 3.63) is 12.2 Å². The zero-order chi connectivity index (χ0) is 11.9. The van der Waals surface area contributed by atoms with E-state index in [-0.39, 0.29) is 0 Å². The molecule has 0 spiro atoms. The second-order valence-corrected chi connectivity index (χ2v) is 7.20. The fourth-order valence-electron chi connectivity index (χ4n) is 2.59. The standard InChI is InChI=1S/C14H25O2Si/c1-2-15-17(14-10-3-4-11-14)16-12-6-9-13-7-5-8-13/h6,9,13-14H,2-5,7-8,10-12H2,1H3. The fraction of sp³-hybridized carbons (Fsp3) is 0.857. The molecule has 0 aromatic rings. The molecule has 2 saturated carbocycles. The molecule has 0 unspecified atom stereocenters. The van der Waals surface area contributed by atoms with Crippen molar-refractivity contribution in [2.24, 2.45) is 5.92 Å². The first-order valence-corrected chi connectivity index (χ1v) is 8.58. The van der Waals surface area contributed by atoms with Crippen LogP contribution in [0.1, 0.15) is 51.9 Å². The minimum atomic E-state index is -1.01. The average molecular weight is 253 g/mol. The monoisotopic (exact) mass is 253 g/mol. The van der Waals surface area contributed by atoms with Gasteiger partial charge in [-0.2, -0.15) is 0 Å². The second-order valence-electron chi connectivity index (χ2n) is 5.16. The number of hydrogen-bond acceptors (Lipinski definition) is 2. The van der Waals surface area contributed by atoms with Gasteiger partial charge in [-0.3, -0.25) is 0 Å². The predicted octanol–water partition coefficient (Wildman–Crippen LogP) is 3.83. The van der Waals surface area contributed by atoms with Crippen LogP contribution in [0.5, 0.6) is 0 Å². The van der Waals surface area contributed by atoms with Gasteiger partial charge in [0.2, 0.25) is 0 Å². The molecule has 0 amide bonds. The third-order valence-corrected chi connectivity index (χ3v) is 6.12. The van der Waals surface area contributed by atoms with Gasteiger partial charge in [-0.1, -0.05) is 31.4 Å². The lowest BCUT2D eigenvalue weighted by Crippen LogP contribution is -2.28. The van der Waals surface area contributed by atoms with Crippen LogP contribution in [0.3, 0.4) is 0 Å². The van der Waals surface area contributed by atoms with E-state index in [9.17, 15) is 0 Å². The predicted molar refractivity (Wildman–Crippen MR) is 72.0 cm³/mol. The highest BCUT2D eigenvalue weighted by Gasteiger charge is 2.30. The van der Waals surface area contributed by atoms with Gasteiger partial charge in [0.25, 0.3) is 0 Å². The average Bonchev–Trinajstić information content (AvgIpc) is 2.78. The summed E-state index contributed by atoms with van der Waals surface area (Å²) >= 11 is 0. The van der Waals surface area contributed by atoms with Crippen LogP contribution in [-0.4, -0.2) is 22.5 Å². The fourth-order valence-corrected chi connectivity index (χ4v) is 4.57. The van der Waals surface area contributed by atoms with Crippen LogP contribution in [0.4, 0.5) is 0 Å². The van der Waals surface area contributed by atoms with Gasteiger partial charge in [0.1, 0.15) is 0 Å². The molecule has 0 aliphatic heterocycles. The zero-order valence-electron chi connectivity index (χ0n) is 11.0. The van der Waals surface area contributed by atoms with Crippen molar-refractivity contribution in [2.45, 2.75) is 57.4 Å². The summed E-state index contributed by atoms with van der Waals surface area (Å²) in [6.07, 6.45) is 14.1. The summed E-state index contributed by atoms with van der Waals surface area (Å²) in [7, 11) is -1.01. The Morgan fingerprint density at radius 3 is 2.41 bits per heavy atom. The van der Waals surface area contributed by atoms with Crippen LogP contribution in [0.25, 0.3) is 0 Å². The maximum Gasteiger partial charge on any atom is 0.388 e. The van der Waals surface area contributed by atoms with Gasteiger partial charge in [-0.05, 0) is 38.5 Å². The lowest BCUT2D eigenvalue weighted by Gasteiger charge is -2.22. The van der Waals surface area contributed by atoms with E-state index < -0.39 is 9.28 Å². The summed E-state index contributed by atoms with van der Waals surface area (Å²) in [5.41, 5.74) is 0.733. The zero-order valence-corrected chi connectivity index (χ0v) is 12.0. The molecule has 0 aromatic carbocycles. The maximum atomic E-state index is 5.98. The Balaban J connectivity index is 1.66. The molecule has 2 rings (SSSR count). The first kappa shape index (κ1) is 13.3. The van der Waals surface area contributed by atoms with Gasteiger partial charge in [-0.25, -0.2) is 0 Å². The summed E-state index contributed by atoms with van der Waals surface area (Å²) < 4.78 is 11.8. The first-order valence-electron chi connectivity index (χ1n) is 7.19. The number of allylic oxidation sites excluding steroid dienone is 1. The van der Waals surface area contributed by atoms with E-state index in [2.05, 4.69) is 19.1 Å². The van der Waals surface area contributed by atoms with Crippen LogP contribution in [0.2, 0.25) is 5.54 Å². The van der Waals surface area contributed by atoms with Crippen molar-refractivity contribution >= 4 is 9.28 Å². The number of hydrogen-bond donors (Lipinski definition) is 0. The molecule has 0 N–H and O–H groups in total.